The number of hydrogen-bond donors (Lipinski definition) is 1. The van der Waals surface area contributed by atoms with Crippen LogP contribution in [0.25, 0.3) is 0 Å². The number of amides is 1. The van der Waals surface area contributed by atoms with E-state index >= 15 is 0 Å². The van der Waals surface area contributed by atoms with Crippen molar-refractivity contribution in [2.45, 2.75) is 32.3 Å². The van der Waals surface area contributed by atoms with Gasteiger partial charge in [-0.05, 0) is 31.0 Å². The Morgan fingerprint density at radius 3 is 2.46 bits per heavy atom. The van der Waals surface area contributed by atoms with Crippen molar-refractivity contribution in [1.29, 1.82) is 0 Å². The summed E-state index contributed by atoms with van der Waals surface area (Å²) in [5.41, 5.74) is 0.752. The lowest BCUT2D eigenvalue weighted by Crippen LogP contribution is -2.38. The average Bonchev–Trinajstić information content (AvgIpc) is 2.62. The number of carbonyl (C=O) groups excluding carboxylic acids is 2. The Balaban J connectivity index is 1.94. The van der Waals surface area contributed by atoms with Gasteiger partial charge in [-0.3, -0.25) is 4.79 Å². The number of ether oxygens (including phenoxy) is 1. The van der Waals surface area contributed by atoms with Gasteiger partial charge in [-0.15, -0.1) is 0 Å². The predicted molar refractivity (Wildman–Crippen MR) is 98.8 cm³/mol. The van der Waals surface area contributed by atoms with Crippen molar-refractivity contribution >= 4 is 23.5 Å². The molecule has 4 nitrogen and oxygen atoms in total. The summed E-state index contributed by atoms with van der Waals surface area (Å²) in [6.45, 7) is 3.89. The van der Waals surface area contributed by atoms with Gasteiger partial charge < -0.3 is 10.1 Å². The van der Waals surface area contributed by atoms with Gasteiger partial charge in [0.2, 0.25) is 0 Å². The van der Waals surface area contributed by atoms with Crippen LogP contribution in [0.5, 0.6) is 0 Å². The van der Waals surface area contributed by atoms with Crippen molar-refractivity contribution in [1.82, 2.24) is 5.32 Å². The lowest BCUT2D eigenvalue weighted by Gasteiger charge is -2.19. The molecule has 138 valence electrons. The molecule has 2 aromatic rings. The summed E-state index contributed by atoms with van der Waals surface area (Å²) < 4.78 is 18.8. The van der Waals surface area contributed by atoms with Crippen molar-refractivity contribution in [3.63, 3.8) is 0 Å². The second kappa shape index (κ2) is 9.34. The number of halogens is 2. The number of benzene rings is 2. The smallest absolute Gasteiger partial charge is 0.343 e. The molecule has 0 fully saturated rings. The highest BCUT2D eigenvalue weighted by Gasteiger charge is 2.23. The first-order valence-corrected chi connectivity index (χ1v) is 8.79. The van der Waals surface area contributed by atoms with Crippen LogP contribution in [0.1, 0.15) is 42.1 Å². The lowest BCUT2D eigenvalue weighted by molar-refractivity contribution is -0.129. The topological polar surface area (TPSA) is 55.4 Å². The second-order valence-electron chi connectivity index (χ2n) is 5.91. The second-order valence-corrected chi connectivity index (χ2v) is 6.31. The van der Waals surface area contributed by atoms with Gasteiger partial charge in [0, 0.05) is 12.5 Å². The van der Waals surface area contributed by atoms with E-state index in [0.29, 0.717) is 6.54 Å². The molecule has 2 aromatic carbocycles. The molecule has 1 N–H and O–H groups in total. The van der Waals surface area contributed by atoms with Crippen LogP contribution in [-0.2, 0) is 9.53 Å². The SMILES string of the molecule is CC[C@@H](CNC(=O)[C@@H](C)OC(=O)c1c(F)cccc1Cl)c1ccccc1. The Morgan fingerprint density at radius 2 is 1.85 bits per heavy atom. The van der Waals surface area contributed by atoms with E-state index in [9.17, 15) is 14.0 Å². The molecule has 26 heavy (non-hydrogen) atoms. The fourth-order valence-corrected chi connectivity index (χ4v) is 2.80. The summed E-state index contributed by atoms with van der Waals surface area (Å²) in [6.07, 6.45) is -0.213. The van der Waals surface area contributed by atoms with Crippen LogP contribution >= 0.6 is 11.6 Å². The summed E-state index contributed by atoms with van der Waals surface area (Å²) >= 11 is 5.84. The number of rotatable bonds is 7. The van der Waals surface area contributed by atoms with Gasteiger partial charge in [0.25, 0.3) is 5.91 Å². The molecular formula is C20H21ClFNO3. The van der Waals surface area contributed by atoms with E-state index in [2.05, 4.69) is 5.32 Å². The van der Waals surface area contributed by atoms with E-state index in [1.54, 1.807) is 0 Å². The third-order valence-electron chi connectivity index (χ3n) is 4.11. The summed E-state index contributed by atoms with van der Waals surface area (Å²) in [5, 5.41) is 2.72. The Hall–Kier alpha value is -2.40. The normalized spacial score (nSPS) is 12.9. The molecule has 1 amide bonds. The van der Waals surface area contributed by atoms with Crippen molar-refractivity contribution in [2.75, 3.05) is 6.54 Å². The highest BCUT2D eigenvalue weighted by molar-refractivity contribution is 6.33. The van der Waals surface area contributed by atoms with Gasteiger partial charge in [0.1, 0.15) is 11.4 Å². The third-order valence-corrected chi connectivity index (χ3v) is 4.42. The molecule has 0 unspecified atom stereocenters. The minimum Gasteiger partial charge on any atom is -0.449 e. The Kier molecular flexibility index (Phi) is 7.16. The average molecular weight is 378 g/mol. The van der Waals surface area contributed by atoms with Gasteiger partial charge >= 0.3 is 5.97 Å². The molecule has 0 spiro atoms. The maximum atomic E-state index is 13.8. The number of nitrogens with one attached hydrogen (secondary N) is 1. The van der Waals surface area contributed by atoms with Gasteiger partial charge in [-0.1, -0.05) is 54.9 Å². The number of hydrogen-bond acceptors (Lipinski definition) is 3. The van der Waals surface area contributed by atoms with Crippen LogP contribution in [0.3, 0.4) is 0 Å². The molecule has 2 atom stereocenters. The van der Waals surface area contributed by atoms with E-state index < -0.39 is 23.8 Å². The van der Waals surface area contributed by atoms with E-state index in [1.165, 1.54) is 19.1 Å². The highest BCUT2D eigenvalue weighted by Crippen LogP contribution is 2.21. The van der Waals surface area contributed by atoms with Crippen molar-refractivity contribution in [2.24, 2.45) is 0 Å². The molecule has 0 radical (unpaired) electrons. The molecule has 0 aliphatic heterocycles. The molecule has 0 aromatic heterocycles. The minimum atomic E-state index is -1.06. The van der Waals surface area contributed by atoms with Crippen molar-refractivity contribution < 1.29 is 18.7 Å². The van der Waals surface area contributed by atoms with E-state index in [-0.39, 0.29) is 16.5 Å². The fourth-order valence-electron chi connectivity index (χ4n) is 2.56. The van der Waals surface area contributed by atoms with Crippen LogP contribution in [0, 0.1) is 5.82 Å². The standard InChI is InChI=1S/C20H21ClFNO3/c1-3-14(15-8-5-4-6-9-15)12-23-19(24)13(2)26-20(25)18-16(21)10-7-11-17(18)22/h4-11,13-14H,3,12H2,1-2H3,(H,23,24)/t13-,14+/m1/s1. The zero-order valence-corrected chi connectivity index (χ0v) is 15.4. The summed E-state index contributed by atoms with van der Waals surface area (Å²) in [5.74, 6) is -2.04. The summed E-state index contributed by atoms with van der Waals surface area (Å²) in [6, 6.07) is 13.7. The molecule has 0 saturated carbocycles. The molecule has 0 bridgehead atoms. The molecule has 0 heterocycles. The lowest BCUT2D eigenvalue weighted by atomic mass is 9.96. The maximum Gasteiger partial charge on any atom is 0.343 e. The number of carbonyl (C=O) groups is 2. The van der Waals surface area contributed by atoms with Crippen molar-refractivity contribution in [3.8, 4) is 0 Å². The summed E-state index contributed by atoms with van der Waals surface area (Å²) in [7, 11) is 0. The van der Waals surface area contributed by atoms with Crippen LogP contribution in [0.4, 0.5) is 4.39 Å². The Labute approximate surface area is 157 Å². The summed E-state index contributed by atoms with van der Waals surface area (Å²) in [4.78, 5) is 24.3. The fraction of sp³-hybridized carbons (Fsp3) is 0.300. The monoisotopic (exact) mass is 377 g/mol. The zero-order valence-electron chi connectivity index (χ0n) is 14.7. The first-order valence-electron chi connectivity index (χ1n) is 8.41. The van der Waals surface area contributed by atoms with Gasteiger partial charge in [0.05, 0.1) is 5.02 Å². The van der Waals surface area contributed by atoms with Crippen LogP contribution in [-0.4, -0.2) is 24.5 Å². The maximum absolute atomic E-state index is 13.8. The molecule has 0 aliphatic rings. The van der Waals surface area contributed by atoms with Gasteiger partial charge in [-0.25, -0.2) is 9.18 Å². The molecular weight excluding hydrogens is 357 g/mol. The first kappa shape index (κ1) is 19.9. The van der Waals surface area contributed by atoms with Crippen molar-refractivity contribution in [3.05, 3.63) is 70.5 Å². The van der Waals surface area contributed by atoms with Crippen LogP contribution in [0.15, 0.2) is 48.5 Å². The van der Waals surface area contributed by atoms with Gasteiger partial charge in [0.15, 0.2) is 6.10 Å². The Bertz CT molecular complexity index is 747. The van der Waals surface area contributed by atoms with E-state index in [1.807, 2.05) is 37.3 Å². The zero-order chi connectivity index (χ0) is 19.1. The first-order chi connectivity index (χ1) is 12.4. The molecule has 0 aliphatic carbocycles. The minimum absolute atomic E-state index is 0.0577. The Morgan fingerprint density at radius 1 is 1.15 bits per heavy atom. The molecule has 0 saturated heterocycles. The largest absolute Gasteiger partial charge is 0.449 e. The van der Waals surface area contributed by atoms with Crippen LogP contribution < -0.4 is 5.32 Å². The van der Waals surface area contributed by atoms with Crippen LogP contribution in [0.2, 0.25) is 5.02 Å². The van der Waals surface area contributed by atoms with E-state index in [0.717, 1.165) is 18.1 Å². The van der Waals surface area contributed by atoms with E-state index in [4.69, 9.17) is 16.3 Å². The quantitative estimate of drug-likeness (QED) is 0.730. The number of esters is 1. The molecule has 6 heteroatoms. The molecule has 2 rings (SSSR count). The highest BCUT2D eigenvalue weighted by atomic mass is 35.5. The third kappa shape index (κ3) is 5.05. The van der Waals surface area contributed by atoms with Gasteiger partial charge in [-0.2, -0.15) is 0 Å². The predicted octanol–water partition coefficient (Wildman–Crippen LogP) is 4.33.